The fourth-order valence-corrected chi connectivity index (χ4v) is 9.03. The molecule has 0 spiro atoms. The van der Waals surface area contributed by atoms with E-state index >= 15 is 0 Å². The van der Waals surface area contributed by atoms with Crippen LogP contribution in [0.1, 0.15) is 316 Å². The van der Waals surface area contributed by atoms with Crippen molar-refractivity contribution in [2.24, 2.45) is 0 Å². The fourth-order valence-electron chi connectivity index (χ4n) is 9.03. The Balaban J connectivity index is 3.46. The van der Waals surface area contributed by atoms with Crippen LogP contribution in [0.3, 0.4) is 0 Å². The molecule has 0 saturated carbocycles. The molecule has 0 fully saturated rings. The molecule has 0 aromatic carbocycles. The van der Waals surface area contributed by atoms with Crippen LogP contribution in [0.5, 0.6) is 0 Å². The van der Waals surface area contributed by atoms with Crippen LogP contribution in [0.2, 0.25) is 0 Å². The van der Waals surface area contributed by atoms with Crippen molar-refractivity contribution in [1.29, 1.82) is 0 Å². The summed E-state index contributed by atoms with van der Waals surface area (Å²) in [5.41, 5.74) is 0. The molecule has 0 aliphatic heterocycles. The van der Waals surface area contributed by atoms with Crippen molar-refractivity contribution in [3.8, 4) is 0 Å². The first-order chi connectivity index (χ1) is 32.0. The zero-order valence-corrected chi connectivity index (χ0v) is 43.7. The second-order valence-electron chi connectivity index (χ2n) is 20.0. The molecule has 0 aromatic rings. The van der Waals surface area contributed by atoms with Gasteiger partial charge in [0.1, 0.15) is 0 Å². The highest BCUT2D eigenvalue weighted by Gasteiger charge is 2.20. The number of ether oxygens (including phenoxy) is 1. The molecule has 1 amide bonds. The largest absolute Gasteiger partial charge is 0.466 e. The summed E-state index contributed by atoms with van der Waals surface area (Å²) in [7, 11) is 0. The molecule has 0 aliphatic carbocycles. The standard InChI is InChI=1S/C59H113NO5/c1-3-5-7-9-11-13-15-17-18-19-20-21-22-23-24-25-26-27-28-30-31-35-39-43-47-51-57(62)56(55-61)60-58(63)52-48-44-40-36-33-34-38-42-46-50-54-65-59(64)53-49-45-41-37-32-29-16-14-12-10-8-6-4-2/h8,10,14,16,56-57,61-62H,3-7,9,11-13,15,17-55H2,1-2H3,(H,60,63)/b10-8-,16-14-. The second kappa shape index (κ2) is 54.9. The van der Waals surface area contributed by atoms with Gasteiger partial charge >= 0.3 is 5.97 Å². The average molecular weight is 917 g/mol. The molecule has 2 unspecified atom stereocenters. The van der Waals surface area contributed by atoms with E-state index in [2.05, 4.69) is 43.5 Å². The highest BCUT2D eigenvalue weighted by Crippen LogP contribution is 2.18. The maximum absolute atomic E-state index is 12.5. The third kappa shape index (κ3) is 51.6. The first-order valence-corrected chi connectivity index (χ1v) is 29.1. The van der Waals surface area contributed by atoms with Crippen molar-refractivity contribution in [2.75, 3.05) is 13.2 Å². The minimum atomic E-state index is -0.681. The molecule has 3 N–H and O–H groups in total. The molecular formula is C59H113NO5. The summed E-state index contributed by atoms with van der Waals surface area (Å²) in [6, 6.07) is -0.560. The Morgan fingerprint density at radius 3 is 1.23 bits per heavy atom. The first kappa shape index (κ1) is 63.3. The predicted octanol–water partition coefficient (Wildman–Crippen LogP) is 17.9. The lowest BCUT2D eigenvalue weighted by atomic mass is 10.0. The SMILES string of the molecule is CCC/C=C\C/C=C\CCCCCCCC(=O)OCCCCCCCCCCCCC(=O)NC(CO)C(O)CCCCCCCCCCCCCCCCCCCCCCCCCCC. The highest BCUT2D eigenvalue weighted by atomic mass is 16.5. The number of hydrogen-bond acceptors (Lipinski definition) is 5. The van der Waals surface area contributed by atoms with Gasteiger partial charge in [0, 0.05) is 12.8 Å². The average Bonchev–Trinajstić information content (AvgIpc) is 3.31. The van der Waals surface area contributed by atoms with E-state index in [0.717, 1.165) is 70.6 Å². The molecule has 0 aliphatic rings. The van der Waals surface area contributed by atoms with Gasteiger partial charge in [0.25, 0.3) is 0 Å². The molecule has 65 heavy (non-hydrogen) atoms. The Morgan fingerprint density at radius 2 is 0.800 bits per heavy atom. The third-order valence-corrected chi connectivity index (χ3v) is 13.5. The number of hydrogen-bond donors (Lipinski definition) is 3. The van der Waals surface area contributed by atoms with Crippen molar-refractivity contribution in [2.45, 2.75) is 328 Å². The molecule has 0 radical (unpaired) electrons. The van der Waals surface area contributed by atoms with Crippen LogP contribution in [0.4, 0.5) is 0 Å². The van der Waals surface area contributed by atoms with Crippen molar-refractivity contribution >= 4 is 11.9 Å². The molecule has 384 valence electrons. The van der Waals surface area contributed by atoms with Gasteiger partial charge < -0.3 is 20.3 Å². The summed E-state index contributed by atoms with van der Waals surface area (Å²) in [4.78, 5) is 24.5. The van der Waals surface area contributed by atoms with Gasteiger partial charge in [-0.3, -0.25) is 9.59 Å². The van der Waals surface area contributed by atoms with Crippen LogP contribution in [0, 0.1) is 0 Å². The third-order valence-electron chi connectivity index (χ3n) is 13.5. The Hall–Kier alpha value is -1.66. The van der Waals surface area contributed by atoms with Crippen LogP contribution in [0.15, 0.2) is 24.3 Å². The van der Waals surface area contributed by atoms with Crippen LogP contribution < -0.4 is 5.32 Å². The summed E-state index contributed by atoms with van der Waals surface area (Å²) in [5, 5.41) is 23.3. The molecule has 2 atom stereocenters. The molecule has 0 rings (SSSR count). The van der Waals surface area contributed by atoms with E-state index in [1.54, 1.807) is 0 Å². The number of aliphatic hydroxyl groups excluding tert-OH is 2. The molecular weight excluding hydrogens is 803 g/mol. The lowest BCUT2D eigenvalue weighted by molar-refractivity contribution is -0.143. The smallest absolute Gasteiger partial charge is 0.305 e. The maximum atomic E-state index is 12.5. The molecule has 6 nitrogen and oxygen atoms in total. The summed E-state index contributed by atoms with van der Waals surface area (Å²) < 4.78 is 5.45. The van der Waals surface area contributed by atoms with Crippen LogP contribution >= 0.6 is 0 Å². The van der Waals surface area contributed by atoms with Gasteiger partial charge in [-0.1, -0.05) is 276 Å². The number of nitrogens with one attached hydrogen (secondary N) is 1. The molecule has 6 heteroatoms. The van der Waals surface area contributed by atoms with Gasteiger partial charge in [-0.25, -0.2) is 0 Å². The van der Waals surface area contributed by atoms with E-state index in [-0.39, 0.29) is 18.5 Å². The summed E-state index contributed by atoms with van der Waals surface area (Å²) in [6.07, 6.45) is 66.0. The number of unbranched alkanes of at least 4 members (excludes halogenated alkanes) is 39. The minimum absolute atomic E-state index is 0.0331. The van der Waals surface area contributed by atoms with Crippen molar-refractivity contribution in [3.63, 3.8) is 0 Å². The molecule has 0 heterocycles. The van der Waals surface area contributed by atoms with E-state index < -0.39 is 12.1 Å². The number of esters is 1. The quantitative estimate of drug-likeness (QED) is 0.0321. The number of rotatable bonds is 54. The van der Waals surface area contributed by atoms with Crippen LogP contribution in [-0.2, 0) is 14.3 Å². The Kier molecular flexibility index (Phi) is 53.5. The van der Waals surface area contributed by atoms with Gasteiger partial charge in [-0.05, 0) is 51.4 Å². The monoisotopic (exact) mass is 916 g/mol. The lowest BCUT2D eigenvalue weighted by Gasteiger charge is -2.22. The minimum Gasteiger partial charge on any atom is -0.466 e. The fraction of sp³-hybridized carbons (Fsp3) is 0.898. The summed E-state index contributed by atoms with van der Waals surface area (Å²) >= 11 is 0. The second-order valence-corrected chi connectivity index (χ2v) is 20.0. The number of carbonyl (C=O) groups is 2. The van der Waals surface area contributed by atoms with Gasteiger partial charge in [-0.15, -0.1) is 0 Å². The van der Waals surface area contributed by atoms with E-state index in [1.807, 2.05) is 0 Å². The number of carbonyl (C=O) groups excluding carboxylic acids is 2. The highest BCUT2D eigenvalue weighted by molar-refractivity contribution is 5.76. The van der Waals surface area contributed by atoms with Gasteiger partial charge in [0.05, 0.1) is 25.4 Å². The topological polar surface area (TPSA) is 95.9 Å². The van der Waals surface area contributed by atoms with Gasteiger partial charge in [0.2, 0.25) is 5.91 Å². The number of amides is 1. The molecule has 0 saturated heterocycles. The first-order valence-electron chi connectivity index (χ1n) is 29.1. The van der Waals surface area contributed by atoms with E-state index in [1.165, 1.54) is 212 Å². The van der Waals surface area contributed by atoms with Crippen molar-refractivity contribution in [3.05, 3.63) is 24.3 Å². The maximum Gasteiger partial charge on any atom is 0.305 e. The van der Waals surface area contributed by atoms with E-state index in [4.69, 9.17) is 4.74 Å². The van der Waals surface area contributed by atoms with E-state index in [0.29, 0.717) is 25.9 Å². The Morgan fingerprint density at radius 1 is 0.431 bits per heavy atom. The van der Waals surface area contributed by atoms with Gasteiger partial charge in [0.15, 0.2) is 0 Å². The Labute approximate surface area is 405 Å². The zero-order chi connectivity index (χ0) is 47.2. The summed E-state index contributed by atoms with van der Waals surface area (Å²) in [5.74, 6) is -0.0890. The van der Waals surface area contributed by atoms with E-state index in [9.17, 15) is 19.8 Å². The van der Waals surface area contributed by atoms with Crippen molar-refractivity contribution < 1.29 is 24.5 Å². The zero-order valence-electron chi connectivity index (χ0n) is 43.7. The predicted molar refractivity (Wildman–Crippen MR) is 283 cm³/mol. The summed E-state index contributed by atoms with van der Waals surface area (Å²) in [6.45, 7) is 4.85. The number of aliphatic hydroxyl groups is 2. The normalized spacial score (nSPS) is 12.7. The Bertz CT molecular complexity index is 1010. The molecule has 0 aromatic heterocycles. The van der Waals surface area contributed by atoms with Crippen molar-refractivity contribution in [1.82, 2.24) is 5.32 Å². The van der Waals surface area contributed by atoms with Gasteiger partial charge in [-0.2, -0.15) is 0 Å². The molecule has 0 bridgehead atoms. The lowest BCUT2D eigenvalue weighted by Crippen LogP contribution is -2.45. The van der Waals surface area contributed by atoms with Crippen LogP contribution in [-0.4, -0.2) is 47.4 Å². The van der Waals surface area contributed by atoms with Crippen LogP contribution in [0.25, 0.3) is 0 Å². The number of allylic oxidation sites excluding steroid dienone is 4.